The summed E-state index contributed by atoms with van der Waals surface area (Å²) in [5, 5.41) is 3.94. The van der Waals surface area contributed by atoms with Crippen molar-refractivity contribution >= 4 is 22.5 Å². The number of pyridine rings is 1. The number of nitrogens with one attached hydrogen (secondary N) is 1. The van der Waals surface area contributed by atoms with Gasteiger partial charge in [0.15, 0.2) is 0 Å². The second-order valence-electron chi connectivity index (χ2n) is 4.87. The number of carbonyl (C=O) groups is 1. The van der Waals surface area contributed by atoms with E-state index in [-0.39, 0.29) is 11.8 Å². The lowest BCUT2D eigenvalue weighted by Gasteiger charge is -2.24. The molecule has 1 N–H and O–H groups in total. The number of anilines is 1. The molecule has 1 aliphatic rings. The molecular weight excluding hydrogens is 240 g/mol. The molecule has 1 aliphatic carbocycles. The predicted molar refractivity (Wildman–Crippen MR) is 74.3 cm³/mol. The average Bonchev–Trinajstić information content (AvgIpc) is 2.36. The second-order valence-corrected chi connectivity index (χ2v) is 4.87. The maximum atomic E-state index is 12.1. The molecule has 1 aromatic carbocycles. The quantitative estimate of drug-likeness (QED) is 0.918. The number of fused-ring (bicyclic) bond motifs is 1. The summed E-state index contributed by atoms with van der Waals surface area (Å²) in [6.45, 7) is 0. The van der Waals surface area contributed by atoms with Crippen LogP contribution in [0.3, 0.4) is 0 Å². The van der Waals surface area contributed by atoms with Crippen molar-refractivity contribution in [1.82, 2.24) is 4.98 Å². The van der Waals surface area contributed by atoms with Crippen LogP contribution in [0.15, 0.2) is 30.5 Å². The fourth-order valence-corrected chi connectivity index (χ4v) is 2.28. The molecule has 4 heteroatoms. The van der Waals surface area contributed by atoms with Crippen LogP contribution in [0.1, 0.15) is 19.3 Å². The highest BCUT2D eigenvalue weighted by Crippen LogP contribution is 2.31. The standard InChI is InChI=1S/C15H16N2O2/c1-19-12-8-11-6-3-7-16-14(11)13(9-12)17-15(18)10-4-2-5-10/h3,6-10H,2,4-5H2,1H3,(H,17,18). The van der Waals surface area contributed by atoms with Gasteiger partial charge in [0.05, 0.1) is 18.3 Å². The first-order chi connectivity index (χ1) is 9.28. The van der Waals surface area contributed by atoms with Crippen LogP contribution in [0, 0.1) is 5.92 Å². The van der Waals surface area contributed by atoms with E-state index in [4.69, 9.17) is 4.74 Å². The topological polar surface area (TPSA) is 51.2 Å². The van der Waals surface area contributed by atoms with Gasteiger partial charge in [0.1, 0.15) is 5.75 Å². The first-order valence-electron chi connectivity index (χ1n) is 6.51. The molecule has 0 bridgehead atoms. The Morgan fingerprint density at radius 1 is 1.42 bits per heavy atom. The number of nitrogens with zero attached hydrogens (tertiary/aromatic N) is 1. The second kappa shape index (κ2) is 4.88. The molecule has 1 saturated carbocycles. The van der Waals surface area contributed by atoms with E-state index in [0.29, 0.717) is 0 Å². The van der Waals surface area contributed by atoms with Gasteiger partial charge < -0.3 is 10.1 Å². The Morgan fingerprint density at radius 2 is 2.26 bits per heavy atom. The maximum Gasteiger partial charge on any atom is 0.227 e. The van der Waals surface area contributed by atoms with Gasteiger partial charge in [0.2, 0.25) is 5.91 Å². The van der Waals surface area contributed by atoms with Gasteiger partial charge in [-0.1, -0.05) is 12.5 Å². The fourth-order valence-electron chi connectivity index (χ4n) is 2.28. The maximum absolute atomic E-state index is 12.1. The van der Waals surface area contributed by atoms with Crippen molar-refractivity contribution < 1.29 is 9.53 Å². The minimum atomic E-state index is 0.0893. The summed E-state index contributed by atoms with van der Waals surface area (Å²) in [5.41, 5.74) is 1.53. The summed E-state index contributed by atoms with van der Waals surface area (Å²) in [6.07, 6.45) is 4.85. The Kier molecular flexibility index (Phi) is 3.07. The zero-order valence-electron chi connectivity index (χ0n) is 10.8. The van der Waals surface area contributed by atoms with Crippen LogP contribution in [-0.4, -0.2) is 18.0 Å². The number of carbonyl (C=O) groups excluding carboxylic acids is 1. The SMILES string of the molecule is COc1cc(NC(=O)C2CCC2)c2ncccc2c1. The largest absolute Gasteiger partial charge is 0.497 e. The number of ether oxygens (including phenoxy) is 1. The number of hydrogen-bond acceptors (Lipinski definition) is 3. The number of hydrogen-bond donors (Lipinski definition) is 1. The Morgan fingerprint density at radius 3 is 2.95 bits per heavy atom. The van der Waals surface area contributed by atoms with E-state index in [0.717, 1.165) is 41.6 Å². The van der Waals surface area contributed by atoms with Crippen LogP contribution in [0.4, 0.5) is 5.69 Å². The monoisotopic (exact) mass is 256 g/mol. The minimum absolute atomic E-state index is 0.0893. The Balaban J connectivity index is 1.98. The van der Waals surface area contributed by atoms with Gasteiger partial charge in [-0.05, 0) is 25.0 Å². The van der Waals surface area contributed by atoms with Crippen molar-refractivity contribution in [3.8, 4) is 5.75 Å². The molecule has 2 aromatic rings. The molecule has 1 aromatic heterocycles. The minimum Gasteiger partial charge on any atom is -0.497 e. The summed E-state index contributed by atoms with van der Waals surface area (Å²) in [5.74, 6) is 0.973. The summed E-state index contributed by atoms with van der Waals surface area (Å²) in [6, 6.07) is 7.58. The van der Waals surface area contributed by atoms with E-state index >= 15 is 0 Å². The number of benzene rings is 1. The van der Waals surface area contributed by atoms with E-state index in [1.165, 1.54) is 0 Å². The number of methoxy groups -OCH3 is 1. The van der Waals surface area contributed by atoms with Crippen molar-refractivity contribution in [3.63, 3.8) is 0 Å². The van der Waals surface area contributed by atoms with Crippen LogP contribution in [0.25, 0.3) is 10.9 Å². The van der Waals surface area contributed by atoms with Crippen LogP contribution < -0.4 is 10.1 Å². The van der Waals surface area contributed by atoms with Gasteiger partial charge >= 0.3 is 0 Å². The van der Waals surface area contributed by atoms with Gasteiger partial charge in [-0.25, -0.2) is 0 Å². The van der Waals surface area contributed by atoms with Crippen molar-refractivity contribution in [2.45, 2.75) is 19.3 Å². The average molecular weight is 256 g/mol. The molecule has 0 spiro atoms. The third-order valence-electron chi connectivity index (χ3n) is 3.65. The van der Waals surface area contributed by atoms with Crippen molar-refractivity contribution in [2.24, 2.45) is 5.92 Å². The molecule has 3 rings (SSSR count). The van der Waals surface area contributed by atoms with Gasteiger partial charge in [0.25, 0.3) is 0 Å². The fraction of sp³-hybridized carbons (Fsp3) is 0.333. The Bertz CT molecular complexity index is 621. The Labute approximate surface area is 111 Å². The number of aromatic nitrogens is 1. The highest BCUT2D eigenvalue weighted by Gasteiger charge is 2.25. The molecule has 19 heavy (non-hydrogen) atoms. The van der Waals surface area contributed by atoms with Crippen LogP contribution in [0.5, 0.6) is 5.75 Å². The first kappa shape index (κ1) is 12.0. The van der Waals surface area contributed by atoms with Crippen LogP contribution in [0.2, 0.25) is 0 Å². The smallest absolute Gasteiger partial charge is 0.227 e. The summed E-state index contributed by atoms with van der Waals surface area (Å²) in [7, 11) is 1.62. The summed E-state index contributed by atoms with van der Waals surface area (Å²) < 4.78 is 5.27. The highest BCUT2D eigenvalue weighted by atomic mass is 16.5. The lowest BCUT2D eigenvalue weighted by Crippen LogP contribution is -2.28. The highest BCUT2D eigenvalue weighted by molar-refractivity contribution is 6.02. The van der Waals surface area contributed by atoms with Crippen LogP contribution >= 0.6 is 0 Å². The number of amides is 1. The molecular formula is C15H16N2O2. The molecule has 1 fully saturated rings. The molecule has 0 radical (unpaired) electrons. The van der Waals surface area contributed by atoms with Gasteiger partial charge in [-0.2, -0.15) is 0 Å². The molecule has 98 valence electrons. The van der Waals surface area contributed by atoms with Gasteiger partial charge in [-0.3, -0.25) is 9.78 Å². The van der Waals surface area contributed by atoms with Crippen molar-refractivity contribution in [2.75, 3.05) is 12.4 Å². The molecule has 0 unspecified atom stereocenters. The summed E-state index contributed by atoms with van der Waals surface area (Å²) in [4.78, 5) is 16.4. The molecule has 1 heterocycles. The zero-order valence-corrected chi connectivity index (χ0v) is 10.8. The Hall–Kier alpha value is -2.10. The molecule has 4 nitrogen and oxygen atoms in total. The third-order valence-corrected chi connectivity index (χ3v) is 3.65. The van der Waals surface area contributed by atoms with Gasteiger partial charge in [0, 0.05) is 23.6 Å². The molecule has 0 atom stereocenters. The van der Waals surface area contributed by atoms with E-state index < -0.39 is 0 Å². The predicted octanol–water partition coefficient (Wildman–Crippen LogP) is 2.98. The lowest BCUT2D eigenvalue weighted by atomic mass is 9.85. The molecule has 0 saturated heterocycles. The van der Waals surface area contributed by atoms with E-state index in [2.05, 4.69) is 10.3 Å². The van der Waals surface area contributed by atoms with Crippen molar-refractivity contribution in [3.05, 3.63) is 30.5 Å². The first-order valence-corrected chi connectivity index (χ1v) is 6.51. The normalized spacial score (nSPS) is 15.0. The van der Waals surface area contributed by atoms with Gasteiger partial charge in [-0.15, -0.1) is 0 Å². The van der Waals surface area contributed by atoms with Crippen molar-refractivity contribution in [1.29, 1.82) is 0 Å². The third kappa shape index (κ3) is 2.26. The van der Waals surface area contributed by atoms with Crippen LogP contribution in [-0.2, 0) is 4.79 Å². The lowest BCUT2D eigenvalue weighted by molar-refractivity contribution is -0.122. The summed E-state index contributed by atoms with van der Waals surface area (Å²) >= 11 is 0. The molecule has 0 aliphatic heterocycles. The van der Waals surface area contributed by atoms with E-state index in [1.807, 2.05) is 24.3 Å². The molecule has 1 amide bonds. The van der Waals surface area contributed by atoms with E-state index in [9.17, 15) is 4.79 Å². The zero-order chi connectivity index (χ0) is 13.2. The van der Waals surface area contributed by atoms with E-state index in [1.54, 1.807) is 13.3 Å². The number of rotatable bonds is 3.